The van der Waals surface area contributed by atoms with Crippen LogP contribution in [0.1, 0.15) is 0 Å². The SMILES string of the molecule is [Ag+].[Au].[C-]#N. The quantitative estimate of drug-likeness (QED) is 0.456. The average molecular weight is 331 g/mol. The summed E-state index contributed by atoms with van der Waals surface area (Å²) >= 11 is 0. The standard InChI is InChI=1S/CN.Ag.Au/c1-2;;/q-1;+1;. The number of hydrogen-bond acceptors (Lipinski definition) is 1. The largest absolute Gasteiger partial charge is 1.00 e. The first-order chi connectivity index (χ1) is 1.00. The molecule has 0 aromatic rings. The average Bonchev–Trinajstić information content (AvgIpc) is 1.00. The first-order valence-electron chi connectivity index (χ1n) is 0.224. The van der Waals surface area contributed by atoms with Crippen LogP contribution in [0.3, 0.4) is 0 Å². The van der Waals surface area contributed by atoms with Crippen LogP contribution in [0.25, 0.3) is 0 Å². The Morgan fingerprint density at radius 2 is 1.25 bits per heavy atom. The summed E-state index contributed by atoms with van der Waals surface area (Å²) in [5.74, 6) is 0. The van der Waals surface area contributed by atoms with Crippen molar-refractivity contribution in [3.8, 4) is 0 Å². The molecule has 0 aliphatic carbocycles. The summed E-state index contributed by atoms with van der Waals surface area (Å²) in [6, 6.07) is 0. The maximum absolute atomic E-state index is 6.25. The maximum Gasteiger partial charge on any atom is 1.00 e. The summed E-state index contributed by atoms with van der Waals surface area (Å²) in [4.78, 5) is 0. The van der Waals surface area contributed by atoms with Crippen molar-refractivity contribution in [1.29, 1.82) is 5.26 Å². The van der Waals surface area contributed by atoms with Crippen LogP contribution in [0.15, 0.2) is 0 Å². The van der Waals surface area contributed by atoms with Gasteiger partial charge in [-0.1, -0.05) is 0 Å². The smallest absolute Gasteiger partial charge is 0.512 e. The fraction of sp³-hybridized carbons (Fsp3) is 0. The second kappa shape index (κ2) is 37.2. The van der Waals surface area contributed by atoms with E-state index in [1.54, 1.807) is 0 Å². The van der Waals surface area contributed by atoms with E-state index in [9.17, 15) is 0 Å². The van der Waals surface area contributed by atoms with E-state index < -0.39 is 0 Å². The van der Waals surface area contributed by atoms with E-state index in [2.05, 4.69) is 0 Å². The second-order valence-electron chi connectivity index (χ2n) is 0. The molecule has 0 unspecified atom stereocenters. The molecule has 0 bridgehead atoms. The monoisotopic (exact) mass is 330 g/mol. The molecule has 0 rings (SSSR count). The van der Waals surface area contributed by atoms with Crippen LogP contribution >= 0.6 is 0 Å². The van der Waals surface area contributed by atoms with Gasteiger partial charge >= 0.3 is 22.4 Å². The predicted octanol–water partition coefficient (Wildman–Crippen LogP) is 0.0914. The molecule has 0 atom stereocenters. The molecule has 3 heteroatoms. The number of hydrogen-bond donors (Lipinski definition) is 0. The Kier molecular flexibility index (Phi) is 188. The van der Waals surface area contributed by atoms with Crippen molar-refractivity contribution < 1.29 is 44.8 Å². The third-order valence-electron chi connectivity index (χ3n) is 0. The molecular formula is CAgAuN. The molecule has 4 heavy (non-hydrogen) atoms. The van der Waals surface area contributed by atoms with Crippen molar-refractivity contribution >= 4 is 0 Å². The van der Waals surface area contributed by atoms with Crippen LogP contribution in [0, 0.1) is 11.8 Å². The van der Waals surface area contributed by atoms with Crippen molar-refractivity contribution in [2.45, 2.75) is 0 Å². The topological polar surface area (TPSA) is 23.8 Å². The minimum Gasteiger partial charge on any atom is -0.512 e. The molecule has 0 N–H and O–H groups in total. The summed E-state index contributed by atoms with van der Waals surface area (Å²) in [6.45, 7) is 4.75. The zero-order valence-corrected chi connectivity index (χ0v) is 5.20. The first-order valence-corrected chi connectivity index (χ1v) is 0.224. The predicted molar refractivity (Wildman–Crippen MR) is 4.97 cm³/mol. The molecule has 0 aliphatic rings. The Bertz CT molecular complexity index is 12.8. The van der Waals surface area contributed by atoms with Gasteiger partial charge in [-0.25, -0.2) is 0 Å². The van der Waals surface area contributed by atoms with E-state index in [1.807, 2.05) is 0 Å². The van der Waals surface area contributed by atoms with Crippen LogP contribution in [-0.4, -0.2) is 0 Å². The molecule has 0 fully saturated rings. The molecule has 1 nitrogen and oxygen atoms in total. The molecular weight excluding hydrogens is 331 g/mol. The zero-order chi connectivity index (χ0) is 2.00. The van der Waals surface area contributed by atoms with Crippen molar-refractivity contribution in [3.05, 3.63) is 6.57 Å². The molecule has 31 valence electrons. The van der Waals surface area contributed by atoms with Gasteiger partial charge in [-0.15, -0.1) is 0 Å². The molecule has 1 radical (unpaired) electrons. The van der Waals surface area contributed by atoms with Gasteiger partial charge in [-0.2, -0.15) is 0 Å². The Hall–Kier alpha value is 0.971. The summed E-state index contributed by atoms with van der Waals surface area (Å²) in [5.41, 5.74) is 0. The maximum atomic E-state index is 6.25. The third kappa shape index (κ3) is 12.2. The zero-order valence-electron chi connectivity index (χ0n) is 1.55. The van der Waals surface area contributed by atoms with Crippen molar-refractivity contribution in [1.82, 2.24) is 0 Å². The van der Waals surface area contributed by atoms with Gasteiger partial charge < -0.3 is 11.8 Å². The van der Waals surface area contributed by atoms with E-state index in [-0.39, 0.29) is 44.8 Å². The van der Waals surface area contributed by atoms with Gasteiger partial charge in [-0.05, 0) is 0 Å². The summed E-state index contributed by atoms with van der Waals surface area (Å²) in [6.07, 6.45) is 0. The molecule has 0 saturated heterocycles. The molecule has 0 aromatic carbocycles. The van der Waals surface area contributed by atoms with Gasteiger partial charge in [0.25, 0.3) is 0 Å². The van der Waals surface area contributed by atoms with E-state index in [1.165, 1.54) is 0 Å². The normalized spacial score (nSPS) is 0.500. The fourth-order valence-corrected chi connectivity index (χ4v) is 0. The van der Waals surface area contributed by atoms with E-state index in [0.717, 1.165) is 0 Å². The van der Waals surface area contributed by atoms with Crippen LogP contribution in [-0.2, 0) is 44.8 Å². The van der Waals surface area contributed by atoms with Crippen molar-refractivity contribution in [3.63, 3.8) is 0 Å². The van der Waals surface area contributed by atoms with Gasteiger partial charge in [0.2, 0.25) is 0 Å². The molecule has 0 heterocycles. The summed E-state index contributed by atoms with van der Waals surface area (Å²) in [7, 11) is 0. The van der Waals surface area contributed by atoms with E-state index in [0.29, 0.717) is 0 Å². The molecule has 0 aliphatic heterocycles. The Labute approximate surface area is 56.4 Å². The number of rotatable bonds is 0. The Morgan fingerprint density at radius 1 is 1.25 bits per heavy atom. The molecule has 0 saturated carbocycles. The minimum absolute atomic E-state index is 0. The van der Waals surface area contributed by atoms with Crippen LogP contribution < -0.4 is 0 Å². The van der Waals surface area contributed by atoms with E-state index in [4.69, 9.17) is 11.8 Å². The third-order valence-corrected chi connectivity index (χ3v) is 0. The van der Waals surface area contributed by atoms with Gasteiger partial charge in [0.15, 0.2) is 0 Å². The van der Waals surface area contributed by atoms with Gasteiger partial charge in [0.05, 0.1) is 0 Å². The molecule has 0 spiro atoms. The first kappa shape index (κ1) is 20.2. The molecule has 0 aromatic heterocycles. The minimum atomic E-state index is 0. The molecule has 0 amide bonds. The number of nitrogens with zero attached hydrogens (tertiary/aromatic N) is 1. The van der Waals surface area contributed by atoms with Gasteiger partial charge in [0.1, 0.15) is 0 Å². The van der Waals surface area contributed by atoms with Gasteiger partial charge in [0, 0.05) is 22.4 Å². The van der Waals surface area contributed by atoms with E-state index >= 15 is 0 Å². The fourth-order valence-electron chi connectivity index (χ4n) is 0. The van der Waals surface area contributed by atoms with Crippen LogP contribution in [0.2, 0.25) is 0 Å². The summed E-state index contributed by atoms with van der Waals surface area (Å²) in [5, 5.41) is 6.25. The van der Waals surface area contributed by atoms with Gasteiger partial charge in [-0.3, -0.25) is 0 Å². The van der Waals surface area contributed by atoms with Crippen LogP contribution in [0.4, 0.5) is 0 Å². The van der Waals surface area contributed by atoms with Crippen LogP contribution in [0.5, 0.6) is 0 Å². The summed E-state index contributed by atoms with van der Waals surface area (Å²) < 4.78 is 0. The van der Waals surface area contributed by atoms with Crippen molar-refractivity contribution in [2.75, 3.05) is 0 Å². The second-order valence-corrected chi connectivity index (χ2v) is 0. The Balaban J connectivity index is -0.00000000500. The Morgan fingerprint density at radius 3 is 1.25 bits per heavy atom. The van der Waals surface area contributed by atoms with Crippen molar-refractivity contribution in [2.24, 2.45) is 0 Å².